The van der Waals surface area contributed by atoms with Crippen LogP contribution in [-0.2, 0) is 9.53 Å². The molecule has 4 nitrogen and oxygen atoms in total. The number of carbonyl (C=O) groups excluding carboxylic acids is 2. The second-order valence-electron chi connectivity index (χ2n) is 6.86. The van der Waals surface area contributed by atoms with Gasteiger partial charge in [0.15, 0.2) is 0 Å². The summed E-state index contributed by atoms with van der Waals surface area (Å²) in [7, 11) is 0. The van der Waals surface area contributed by atoms with E-state index in [0.29, 0.717) is 22.9 Å². The zero-order valence-corrected chi connectivity index (χ0v) is 17.6. The van der Waals surface area contributed by atoms with E-state index in [9.17, 15) is 9.59 Å². The molecule has 0 bridgehead atoms. The summed E-state index contributed by atoms with van der Waals surface area (Å²) in [5.41, 5.74) is 2.54. The number of hydrogen-bond donors (Lipinski definition) is 0. The molecule has 1 heterocycles. The molecule has 2 aromatic rings. The Balaban J connectivity index is 1.90. The summed E-state index contributed by atoms with van der Waals surface area (Å²) in [4.78, 5) is 27.7. The largest absolute Gasteiger partial charge is 0.464 e. The molecular formula is C22H24ClNO3S. The van der Waals surface area contributed by atoms with Gasteiger partial charge in [-0.25, -0.2) is 4.79 Å². The predicted molar refractivity (Wildman–Crippen MR) is 114 cm³/mol. The number of ether oxygens (including phenoxy) is 1. The molecule has 3 rings (SSSR count). The molecule has 2 atom stereocenters. The van der Waals surface area contributed by atoms with Crippen molar-refractivity contribution < 1.29 is 14.3 Å². The molecule has 2 unspecified atom stereocenters. The molecule has 0 radical (unpaired) electrons. The van der Waals surface area contributed by atoms with E-state index in [1.165, 1.54) is 0 Å². The molecule has 1 aliphatic rings. The van der Waals surface area contributed by atoms with E-state index >= 15 is 0 Å². The van der Waals surface area contributed by atoms with Crippen molar-refractivity contribution in [2.45, 2.75) is 38.1 Å². The van der Waals surface area contributed by atoms with Crippen molar-refractivity contribution in [3.8, 4) is 0 Å². The first kappa shape index (κ1) is 20.7. The average molecular weight is 418 g/mol. The molecule has 1 aliphatic heterocycles. The monoisotopic (exact) mass is 417 g/mol. The quantitative estimate of drug-likeness (QED) is 0.475. The number of halogens is 1. The number of amides is 1. The molecule has 0 aromatic heterocycles. The zero-order valence-electron chi connectivity index (χ0n) is 16.1. The summed E-state index contributed by atoms with van der Waals surface area (Å²) in [5.74, 6) is -0.0157. The van der Waals surface area contributed by atoms with Gasteiger partial charge in [-0.1, -0.05) is 54.8 Å². The summed E-state index contributed by atoms with van der Waals surface area (Å²) < 4.78 is 5.44. The highest BCUT2D eigenvalue weighted by Crippen LogP contribution is 2.43. The highest BCUT2D eigenvalue weighted by atomic mass is 35.5. The number of nitrogens with zero attached hydrogens (tertiary/aromatic N) is 1. The molecule has 0 spiro atoms. The molecule has 6 heteroatoms. The molecular weight excluding hydrogens is 394 g/mol. The maximum Gasteiger partial charge on any atom is 0.329 e. The summed E-state index contributed by atoms with van der Waals surface area (Å²) in [6.45, 7) is 4.40. The van der Waals surface area contributed by atoms with Gasteiger partial charge in [-0.05, 0) is 43.2 Å². The Morgan fingerprint density at radius 1 is 1.21 bits per heavy atom. The van der Waals surface area contributed by atoms with E-state index in [4.69, 9.17) is 16.3 Å². The first-order chi connectivity index (χ1) is 13.5. The summed E-state index contributed by atoms with van der Waals surface area (Å²) in [6.07, 6.45) is 1.76. The Morgan fingerprint density at radius 2 is 1.96 bits per heavy atom. The van der Waals surface area contributed by atoms with E-state index in [1.54, 1.807) is 34.9 Å². The fourth-order valence-corrected chi connectivity index (χ4v) is 4.71. The van der Waals surface area contributed by atoms with Crippen LogP contribution in [-0.4, -0.2) is 35.2 Å². The van der Waals surface area contributed by atoms with Crippen LogP contribution < -0.4 is 0 Å². The van der Waals surface area contributed by atoms with Crippen LogP contribution in [0, 0.1) is 6.92 Å². The highest BCUT2D eigenvalue weighted by Gasteiger charge is 2.43. The minimum absolute atomic E-state index is 0.174. The lowest BCUT2D eigenvalue weighted by Gasteiger charge is -2.29. The number of aryl methyl sites for hydroxylation is 1. The van der Waals surface area contributed by atoms with Crippen molar-refractivity contribution in [3.63, 3.8) is 0 Å². The van der Waals surface area contributed by atoms with E-state index in [-0.39, 0.29) is 17.3 Å². The van der Waals surface area contributed by atoms with E-state index in [0.717, 1.165) is 24.0 Å². The molecule has 148 valence electrons. The maximum absolute atomic E-state index is 13.3. The predicted octanol–water partition coefficient (Wildman–Crippen LogP) is 5.25. The van der Waals surface area contributed by atoms with Gasteiger partial charge >= 0.3 is 5.97 Å². The van der Waals surface area contributed by atoms with Crippen LogP contribution in [0.3, 0.4) is 0 Å². The van der Waals surface area contributed by atoms with Crippen LogP contribution in [0.1, 0.15) is 46.6 Å². The van der Waals surface area contributed by atoms with Crippen LogP contribution in [0.4, 0.5) is 0 Å². The molecule has 0 saturated carbocycles. The molecule has 28 heavy (non-hydrogen) atoms. The topological polar surface area (TPSA) is 46.6 Å². The third kappa shape index (κ3) is 4.70. The van der Waals surface area contributed by atoms with Crippen molar-refractivity contribution in [1.29, 1.82) is 0 Å². The molecule has 1 amide bonds. The van der Waals surface area contributed by atoms with E-state index in [2.05, 4.69) is 0 Å². The van der Waals surface area contributed by atoms with Gasteiger partial charge in [0.1, 0.15) is 11.4 Å². The smallest absolute Gasteiger partial charge is 0.329 e. The second kappa shape index (κ2) is 9.48. The fourth-order valence-electron chi connectivity index (χ4n) is 3.11. The molecule has 0 aliphatic carbocycles. The molecule has 1 fully saturated rings. The number of esters is 1. The van der Waals surface area contributed by atoms with Crippen LogP contribution in [0.5, 0.6) is 0 Å². The zero-order chi connectivity index (χ0) is 20.1. The van der Waals surface area contributed by atoms with Crippen molar-refractivity contribution in [2.24, 2.45) is 0 Å². The van der Waals surface area contributed by atoms with Gasteiger partial charge in [-0.15, -0.1) is 11.8 Å². The Morgan fingerprint density at radius 3 is 2.64 bits per heavy atom. The Hall–Kier alpha value is -1.98. The molecule has 2 aromatic carbocycles. The van der Waals surface area contributed by atoms with Crippen molar-refractivity contribution in [1.82, 2.24) is 4.90 Å². The van der Waals surface area contributed by atoms with Gasteiger partial charge < -0.3 is 9.64 Å². The number of benzene rings is 2. The van der Waals surface area contributed by atoms with Crippen molar-refractivity contribution >= 4 is 35.2 Å². The van der Waals surface area contributed by atoms with Gasteiger partial charge in [-0.3, -0.25) is 4.79 Å². The first-order valence-corrected chi connectivity index (χ1v) is 10.9. The van der Waals surface area contributed by atoms with Crippen molar-refractivity contribution in [2.75, 3.05) is 12.4 Å². The summed E-state index contributed by atoms with van der Waals surface area (Å²) >= 11 is 7.72. The minimum Gasteiger partial charge on any atom is -0.464 e. The number of hydrogen-bond acceptors (Lipinski definition) is 4. The van der Waals surface area contributed by atoms with Crippen LogP contribution in [0.2, 0.25) is 5.02 Å². The third-order valence-electron chi connectivity index (χ3n) is 4.68. The number of thioether (sulfide) groups is 1. The second-order valence-corrected chi connectivity index (χ2v) is 8.41. The maximum atomic E-state index is 13.3. The Labute approximate surface area is 175 Å². The SMILES string of the molecule is CCCCOC(=O)C1CSC(c2cccc(Cl)c2)N1C(=O)c1ccc(C)cc1. The van der Waals surface area contributed by atoms with Gasteiger partial charge in [-0.2, -0.15) is 0 Å². The third-order valence-corrected chi connectivity index (χ3v) is 6.24. The number of carbonyl (C=O) groups is 2. The van der Waals surface area contributed by atoms with E-state index in [1.807, 2.05) is 44.2 Å². The summed E-state index contributed by atoms with van der Waals surface area (Å²) in [5, 5.41) is 0.325. The minimum atomic E-state index is -0.611. The van der Waals surface area contributed by atoms with Crippen LogP contribution in [0.25, 0.3) is 0 Å². The molecule has 0 N–H and O–H groups in total. The van der Waals surface area contributed by atoms with Gasteiger partial charge in [0, 0.05) is 16.3 Å². The fraction of sp³-hybridized carbons (Fsp3) is 0.364. The Bertz CT molecular complexity index is 840. The summed E-state index contributed by atoms with van der Waals surface area (Å²) in [6, 6.07) is 14.2. The normalized spacial score (nSPS) is 18.9. The van der Waals surface area contributed by atoms with Gasteiger partial charge in [0.25, 0.3) is 5.91 Å². The highest BCUT2D eigenvalue weighted by molar-refractivity contribution is 7.99. The lowest BCUT2D eigenvalue weighted by Crippen LogP contribution is -2.44. The number of unbranched alkanes of at least 4 members (excludes halogenated alkanes) is 1. The standard InChI is InChI=1S/C22H24ClNO3S/c1-3-4-12-27-22(26)19-14-28-21(17-6-5-7-18(23)13-17)24(19)20(25)16-10-8-15(2)9-11-16/h5-11,13,19,21H,3-4,12,14H2,1-2H3. The van der Waals surface area contributed by atoms with Crippen molar-refractivity contribution in [3.05, 3.63) is 70.2 Å². The lowest BCUT2D eigenvalue weighted by atomic mass is 10.1. The Kier molecular flexibility index (Phi) is 7.03. The first-order valence-electron chi connectivity index (χ1n) is 9.44. The average Bonchev–Trinajstić information content (AvgIpc) is 3.13. The lowest BCUT2D eigenvalue weighted by molar-refractivity contribution is -0.148. The van der Waals surface area contributed by atoms with E-state index < -0.39 is 6.04 Å². The van der Waals surface area contributed by atoms with Crippen LogP contribution in [0.15, 0.2) is 48.5 Å². The molecule has 1 saturated heterocycles. The van der Waals surface area contributed by atoms with Gasteiger partial charge in [0.05, 0.1) is 6.61 Å². The van der Waals surface area contributed by atoms with Gasteiger partial charge in [0.2, 0.25) is 0 Å². The van der Waals surface area contributed by atoms with Crippen LogP contribution >= 0.6 is 23.4 Å². The number of rotatable bonds is 6.